The Labute approximate surface area is 111 Å². The monoisotopic (exact) mass is 263 g/mol. The van der Waals surface area contributed by atoms with Crippen LogP contribution in [-0.2, 0) is 4.74 Å². The van der Waals surface area contributed by atoms with Gasteiger partial charge in [0, 0.05) is 24.8 Å². The van der Waals surface area contributed by atoms with Crippen molar-refractivity contribution in [3.05, 3.63) is 23.8 Å². The highest BCUT2D eigenvalue weighted by atomic mass is 16.6. The quantitative estimate of drug-likeness (QED) is 0.875. The molecule has 1 fully saturated rings. The normalized spacial score (nSPS) is 18.9. The Balaban J connectivity index is 1.69. The van der Waals surface area contributed by atoms with Crippen LogP contribution in [0.3, 0.4) is 0 Å². The second-order valence-corrected chi connectivity index (χ2v) is 4.72. The molecule has 0 saturated carbocycles. The molecule has 1 aromatic rings. The van der Waals surface area contributed by atoms with Crippen LogP contribution in [0.1, 0.15) is 23.2 Å². The lowest BCUT2D eigenvalue weighted by molar-refractivity contribution is 0.0696. The van der Waals surface area contributed by atoms with Gasteiger partial charge >= 0.3 is 0 Å². The van der Waals surface area contributed by atoms with Gasteiger partial charge in [0.15, 0.2) is 11.5 Å². The summed E-state index contributed by atoms with van der Waals surface area (Å²) in [6, 6.07) is 5.49. The number of carbonyl (C=O) groups excluding carboxylic acids is 1. The molecule has 0 spiro atoms. The summed E-state index contributed by atoms with van der Waals surface area (Å²) in [5.74, 6) is 1.28. The second kappa shape index (κ2) is 5.48. The minimum atomic E-state index is -0.0659. The lowest BCUT2D eigenvalue weighted by Crippen LogP contribution is -2.38. The molecular formula is C14H17NO4. The third-order valence-electron chi connectivity index (χ3n) is 3.36. The zero-order valence-electron chi connectivity index (χ0n) is 10.7. The Hall–Kier alpha value is -1.75. The molecule has 0 unspecified atom stereocenters. The largest absolute Gasteiger partial charge is 0.486 e. The fourth-order valence-corrected chi connectivity index (χ4v) is 2.30. The smallest absolute Gasteiger partial charge is 0.251 e. The minimum Gasteiger partial charge on any atom is -0.486 e. The molecule has 1 saturated heterocycles. The summed E-state index contributed by atoms with van der Waals surface area (Å²) in [6.07, 6.45) is 1.74. The highest BCUT2D eigenvalue weighted by Gasteiger charge is 2.19. The summed E-state index contributed by atoms with van der Waals surface area (Å²) in [4.78, 5) is 12.2. The number of benzene rings is 1. The molecule has 2 heterocycles. The van der Waals surface area contributed by atoms with E-state index >= 15 is 0 Å². The highest BCUT2D eigenvalue weighted by molar-refractivity contribution is 5.95. The summed E-state index contributed by atoms with van der Waals surface area (Å²) >= 11 is 0. The summed E-state index contributed by atoms with van der Waals surface area (Å²) in [5.41, 5.74) is 0.607. The van der Waals surface area contributed by atoms with Crippen molar-refractivity contribution >= 4 is 5.91 Å². The predicted molar refractivity (Wildman–Crippen MR) is 68.7 cm³/mol. The van der Waals surface area contributed by atoms with Crippen molar-refractivity contribution in [3.63, 3.8) is 0 Å². The van der Waals surface area contributed by atoms with Crippen LogP contribution in [0.25, 0.3) is 0 Å². The van der Waals surface area contributed by atoms with Crippen LogP contribution in [0.5, 0.6) is 11.5 Å². The topological polar surface area (TPSA) is 56.8 Å². The summed E-state index contributed by atoms with van der Waals surface area (Å²) in [6.45, 7) is 2.51. The van der Waals surface area contributed by atoms with Gasteiger partial charge in [-0.15, -0.1) is 0 Å². The number of hydrogen-bond acceptors (Lipinski definition) is 4. The van der Waals surface area contributed by atoms with Gasteiger partial charge in [-0.1, -0.05) is 0 Å². The first-order valence-corrected chi connectivity index (χ1v) is 6.61. The Morgan fingerprint density at radius 3 is 2.58 bits per heavy atom. The van der Waals surface area contributed by atoms with Gasteiger partial charge in [-0.3, -0.25) is 4.79 Å². The van der Waals surface area contributed by atoms with Crippen LogP contribution < -0.4 is 14.8 Å². The van der Waals surface area contributed by atoms with E-state index in [1.807, 2.05) is 0 Å². The van der Waals surface area contributed by atoms with Crippen LogP contribution in [0.15, 0.2) is 18.2 Å². The molecule has 0 atom stereocenters. The molecule has 102 valence electrons. The summed E-state index contributed by atoms with van der Waals surface area (Å²) in [7, 11) is 0. The molecular weight excluding hydrogens is 246 g/mol. The molecule has 2 aliphatic rings. The van der Waals surface area contributed by atoms with Gasteiger partial charge in [0.25, 0.3) is 5.91 Å². The number of hydrogen-bond donors (Lipinski definition) is 1. The number of carbonyl (C=O) groups is 1. The molecule has 1 aromatic carbocycles. The number of ether oxygens (including phenoxy) is 3. The van der Waals surface area contributed by atoms with E-state index in [0.717, 1.165) is 12.8 Å². The molecule has 1 N–H and O–H groups in total. The van der Waals surface area contributed by atoms with Gasteiger partial charge < -0.3 is 19.5 Å². The second-order valence-electron chi connectivity index (χ2n) is 4.72. The van der Waals surface area contributed by atoms with Crippen molar-refractivity contribution in [2.45, 2.75) is 18.9 Å². The van der Waals surface area contributed by atoms with Crippen molar-refractivity contribution in [1.29, 1.82) is 0 Å². The molecule has 0 bridgehead atoms. The van der Waals surface area contributed by atoms with Gasteiger partial charge in [-0.25, -0.2) is 0 Å². The van der Waals surface area contributed by atoms with E-state index in [9.17, 15) is 4.79 Å². The van der Waals surface area contributed by atoms with Gasteiger partial charge in [0.2, 0.25) is 0 Å². The highest BCUT2D eigenvalue weighted by Crippen LogP contribution is 2.30. The third-order valence-corrected chi connectivity index (χ3v) is 3.36. The molecule has 1 amide bonds. The van der Waals surface area contributed by atoms with Crippen LogP contribution in [-0.4, -0.2) is 38.4 Å². The fourth-order valence-electron chi connectivity index (χ4n) is 2.30. The Morgan fingerprint density at radius 1 is 1.05 bits per heavy atom. The van der Waals surface area contributed by atoms with Gasteiger partial charge in [0.1, 0.15) is 13.2 Å². The van der Waals surface area contributed by atoms with Gasteiger partial charge in [-0.2, -0.15) is 0 Å². The van der Waals surface area contributed by atoms with E-state index in [4.69, 9.17) is 14.2 Å². The maximum atomic E-state index is 12.2. The first-order chi connectivity index (χ1) is 9.33. The SMILES string of the molecule is O=C(NC1CCOCC1)c1ccc2c(c1)OCCO2. The molecule has 0 aliphatic carbocycles. The number of nitrogens with one attached hydrogen (secondary N) is 1. The maximum absolute atomic E-state index is 12.2. The van der Waals surface area contributed by atoms with Crippen molar-refractivity contribution in [2.24, 2.45) is 0 Å². The van der Waals surface area contributed by atoms with Gasteiger partial charge in [0.05, 0.1) is 0 Å². The van der Waals surface area contributed by atoms with Crippen molar-refractivity contribution < 1.29 is 19.0 Å². The zero-order valence-corrected chi connectivity index (χ0v) is 10.7. The van der Waals surface area contributed by atoms with Crippen LogP contribution in [0.2, 0.25) is 0 Å². The third kappa shape index (κ3) is 2.81. The Bertz CT molecular complexity index is 469. The van der Waals surface area contributed by atoms with Crippen molar-refractivity contribution in [2.75, 3.05) is 26.4 Å². The average molecular weight is 263 g/mol. The number of amides is 1. The molecule has 3 rings (SSSR count). The van der Waals surface area contributed by atoms with E-state index in [0.29, 0.717) is 43.5 Å². The summed E-state index contributed by atoms with van der Waals surface area (Å²) < 4.78 is 16.2. The van der Waals surface area contributed by atoms with E-state index in [1.165, 1.54) is 0 Å². The molecule has 19 heavy (non-hydrogen) atoms. The molecule has 5 nitrogen and oxygen atoms in total. The first kappa shape index (κ1) is 12.3. The lowest BCUT2D eigenvalue weighted by Gasteiger charge is -2.23. The van der Waals surface area contributed by atoms with Crippen LogP contribution in [0, 0.1) is 0 Å². The molecule has 2 aliphatic heterocycles. The fraction of sp³-hybridized carbons (Fsp3) is 0.500. The van der Waals surface area contributed by atoms with E-state index < -0.39 is 0 Å². The van der Waals surface area contributed by atoms with Gasteiger partial charge in [-0.05, 0) is 31.0 Å². The van der Waals surface area contributed by atoms with E-state index in [-0.39, 0.29) is 11.9 Å². The first-order valence-electron chi connectivity index (χ1n) is 6.61. The zero-order chi connectivity index (χ0) is 13.1. The number of rotatable bonds is 2. The molecule has 0 radical (unpaired) electrons. The van der Waals surface area contributed by atoms with Crippen molar-refractivity contribution in [3.8, 4) is 11.5 Å². The Kier molecular flexibility index (Phi) is 3.55. The lowest BCUT2D eigenvalue weighted by atomic mass is 10.1. The van der Waals surface area contributed by atoms with Crippen LogP contribution in [0.4, 0.5) is 0 Å². The number of fused-ring (bicyclic) bond motifs is 1. The molecule has 0 aromatic heterocycles. The van der Waals surface area contributed by atoms with Crippen molar-refractivity contribution in [1.82, 2.24) is 5.32 Å². The Morgan fingerprint density at radius 2 is 1.79 bits per heavy atom. The average Bonchev–Trinajstić information content (AvgIpc) is 2.48. The predicted octanol–water partition coefficient (Wildman–Crippen LogP) is 1.37. The standard InChI is InChI=1S/C14H17NO4/c16-14(15-11-3-5-17-6-4-11)10-1-2-12-13(9-10)19-8-7-18-12/h1-2,9,11H,3-8H2,(H,15,16). The van der Waals surface area contributed by atoms with E-state index in [2.05, 4.69) is 5.32 Å². The molecule has 5 heteroatoms. The maximum Gasteiger partial charge on any atom is 0.251 e. The van der Waals surface area contributed by atoms with Crippen LogP contribution >= 0.6 is 0 Å². The van der Waals surface area contributed by atoms with E-state index in [1.54, 1.807) is 18.2 Å². The minimum absolute atomic E-state index is 0.0659. The summed E-state index contributed by atoms with van der Waals surface area (Å²) in [5, 5.41) is 3.03.